The zero-order valence-electron chi connectivity index (χ0n) is 22.1. The summed E-state index contributed by atoms with van der Waals surface area (Å²) in [5.41, 5.74) is 1.31. The number of aromatic nitrogens is 4. The second-order valence-electron chi connectivity index (χ2n) is 9.67. The Bertz CT molecular complexity index is 1390. The van der Waals surface area contributed by atoms with Crippen molar-refractivity contribution in [3.8, 4) is 17.1 Å². The van der Waals surface area contributed by atoms with Crippen LogP contribution in [0, 0.1) is 6.92 Å². The van der Waals surface area contributed by atoms with E-state index in [1.54, 1.807) is 43.5 Å². The molecule has 0 bridgehead atoms. The predicted molar refractivity (Wildman–Crippen MR) is 145 cm³/mol. The molecular formula is C29H32N6O4. The molecule has 39 heavy (non-hydrogen) atoms. The highest BCUT2D eigenvalue weighted by Crippen LogP contribution is 2.31. The van der Waals surface area contributed by atoms with Crippen molar-refractivity contribution in [3.05, 3.63) is 78.3 Å². The zero-order valence-corrected chi connectivity index (χ0v) is 22.1. The molecule has 1 atom stereocenters. The molecule has 2 aromatic heterocycles. The second kappa shape index (κ2) is 11.9. The third kappa shape index (κ3) is 6.17. The summed E-state index contributed by atoms with van der Waals surface area (Å²) >= 11 is 0. The third-order valence-corrected chi connectivity index (χ3v) is 6.87. The molecule has 2 amide bonds. The van der Waals surface area contributed by atoms with Gasteiger partial charge in [0.15, 0.2) is 6.04 Å². The van der Waals surface area contributed by atoms with Gasteiger partial charge in [0.1, 0.15) is 23.8 Å². The van der Waals surface area contributed by atoms with E-state index >= 15 is 0 Å². The number of carbonyl (C=O) groups is 2. The lowest BCUT2D eigenvalue weighted by Gasteiger charge is -2.32. The van der Waals surface area contributed by atoms with Gasteiger partial charge in [-0.15, -0.1) is 10.2 Å². The number of furan rings is 1. The highest BCUT2D eigenvalue weighted by atomic mass is 16.5. The monoisotopic (exact) mass is 528 g/mol. The minimum atomic E-state index is -1.03. The number of benzene rings is 2. The quantitative estimate of drug-likeness (QED) is 0.341. The van der Waals surface area contributed by atoms with Gasteiger partial charge in [-0.2, -0.15) is 4.80 Å². The first kappa shape index (κ1) is 26.1. The van der Waals surface area contributed by atoms with Crippen LogP contribution in [-0.2, 0) is 16.1 Å². The van der Waals surface area contributed by atoms with E-state index in [2.05, 4.69) is 20.7 Å². The van der Waals surface area contributed by atoms with Gasteiger partial charge in [-0.3, -0.25) is 14.5 Å². The van der Waals surface area contributed by atoms with Gasteiger partial charge in [-0.25, -0.2) is 0 Å². The summed E-state index contributed by atoms with van der Waals surface area (Å²) in [7, 11) is 1.57. The second-order valence-corrected chi connectivity index (χ2v) is 9.67. The lowest BCUT2D eigenvalue weighted by atomic mass is 9.95. The van der Waals surface area contributed by atoms with Crippen LogP contribution in [0.1, 0.15) is 49.7 Å². The average molecular weight is 529 g/mol. The van der Waals surface area contributed by atoms with Crippen molar-refractivity contribution < 1.29 is 18.7 Å². The average Bonchev–Trinajstić information content (AvgIpc) is 3.61. The van der Waals surface area contributed by atoms with Crippen molar-refractivity contribution in [3.63, 3.8) is 0 Å². The summed E-state index contributed by atoms with van der Waals surface area (Å²) < 4.78 is 11.2. The Kier molecular flexibility index (Phi) is 8.00. The number of nitrogens with one attached hydrogen (secondary N) is 1. The van der Waals surface area contributed by atoms with E-state index in [0.29, 0.717) is 28.8 Å². The Labute approximate surface area is 227 Å². The maximum atomic E-state index is 14.0. The Morgan fingerprint density at radius 1 is 1.05 bits per heavy atom. The first-order valence-electron chi connectivity index (χ1n) is 13.2. The van der Waals surface area contributed by atoms with Gasteiger partial charge >= 0.3 is 0 Å². The van der Waals surface area contributed by atoms with Crippen LogP contribution >= 0.6 is 0 Å². The van der Waals surface area contributed by atoms with Crippen LogP contribution in [-0.4, -0.2) is 45.2 Å². The molecule has 2 aromatic carbocycles. The predicted octanol–water partition coefficient (Wildman–Crippen LogP) is 4.47. The maximum Gasteiger partial charge on any atom is 0.251 e. The molecule has 1 saturated carbocycles. The van der Waals surface area contributed by atoms with Crippen LogP contribution in [0.2, 0.25) is 0 Å². The third-order valence-electron chi connectivity index (χ3n) is 6.87. The molecule has 202 valence electrons. The fourth-order valence-electron chi connectivity index (χ4n) is 4.89. The van der Waals surface area contributed by atoms with Gasteiger partial charge in [-0.05, 0) is 61.4 Å². The van der Waals surface area contributed by atoms with Crippen LogP contribution in [0.3, 0.4) is 0 Å². The Morgan fingerprint density at radius 3 is 2.46 bits per heavy atom. The molecule has 0 radical (unpaired) electrons. The van der Waals surface area contributed by atoms with Crippen molar-refractivity contribution >= 4 is 17.5 Å². The van der Waals surface area contributed by atoms with E-state index in [-0.39, 0.29) is 18.5 Å². The number of tetrazole rings is 1. The Morgan fingerprint density at radius 2 is 1.79 bits per heavy atom. The molecule has 0 spiro atoms. The summed E-state index contributed by atoms with van der Waals surface area (Å²) in [5, 5.41) is 15.8. The SMILES string of the molecule is COc1ccc(N(C(=O)Cn2nnc(-c3ccccc3)n2)C(C(=O)NC2CCCCC2)c2ccc(C)o2)cc1. The van der Waals surface area contributed by atoms with Gasteiger partial charge in [0.05, 0.1) is 7.11 Å². The van der Waals surface area contributed by atoms with Gasteiger partial charge in [-0.1, -0.05) is 49.6 Å². The lowest BCUT2D eigenvalue weighted by molar-refractivity contribution is -0.128. The van der Waals surface area contributed by atoms with Gasteiger partial charge in [0.2, 0.25) is 5.82 Å². The lowest BCUT2D eigenvalue weighted by Crippen LogP contribution is -2.48. The highest BCUT2D eigenvalue weighted by molar-refractivity contribution is 6.01. The van der Waals surface area contributed by atoms with E-state index in [0.717, 1.165) is 31.2 Å². The minimum Gasteiger partial charge on any atom is -0.497 e. The highest BCUT2D eigenvalue weighted by Gasteiger charge is 2.36. The van der Waals surface area contributed by atoms with E-state index in [9.17, 15) is 9.59 Å². The summed E-state index contributed by atoms with van der Waals surface area (Å²) in [6.07, 6.45) is 5.13. The van der Waals surface area contributed by atoms with Crippen molar-refractivity contribution in [2.75, 3.05) is 12.0 Å². The molecule has 1 aliphatic carbocycles. The molecule has 4 aromatic rings. The number of rotatable bonds is 9. The smallest absolute Gasteiger partial charge is 0.251 e. The van der Waals surface area contributed by atoms with Crippen LogP contribution in [0.25, 0.3) is 11.4 Å². The number of ether oxygens (including phenoxy) is 1. The summed E-state index contributed by atoms with van der Waals surface area (Å²) in [6, 6.07) is 19.0. The zero-order chi connectivity index (χ0) is 27.2. The van der Waals surface area contributed by atoms with Crippen LogP contribution in [0.5, 0.6) is 5.75 Å². The fraction of sp³-hybridized carbons (Fsp3) is 0.345. The van der Waals surface area contributed by atoms with Crippen LogP contribution < -0.4 is 15.0 Å². The molecule has 1 aliphatic rings. The van der Waals surface area contributed by atoms with E-state index in [1.807, 2.05) is 37.3 Å². The van der Waals surface area contributed by atoms with Crippen molar-refractivity contribution in [1.82, 2.24) is 25.5 Å². The Hall–Kier alpha value is -4.47. The number of hydrogen-bond acceptors (Lipinski definition) is 7. The first-order chi connectivity index (χ1) is 19.0. The molecule has 1 fully saturated rings. The molecule has 10 heteroatoms. The molecule has 0 saturated heterocycles. The topological polar surface area (TPSA) is 115 Å². The number of hydrogen-bond donors (Lipinski definition) is 1. The normalized spacial score (nSPS) is 14.5. The number of nitrogens with zero attached hydrogens (tertiary/aromatic N) is 5. The van der Waals surface area contributed by atoms with Crippen LogP contribution in [0.15, 0.2) is 71.1 Å². The molecule has 1 N–H and O–H groups in total. The standard InChI is InChI=1S/C29H32N6O4/c1-20-13-18-25(39-20)27(29(37)30-22-11-7-4-8-12-22)35(23-14-16-24(38-2)17-15-23)26(36)19-34-32-28(31-33-34)21-9-5-3-6-10-21/h3,5-6,9-10,13-18,22,27H,4,7-8,11-12,19H2,1-2H3,(H,30,37). The van der Waals surface area contributed by atoms with E-state index < -0.39 is 11.9 Å². The number of aryl methyl sites for hydroxylation is 1. The molecule has 10 nitrogen and oxygen atoms in total. The van der Waals surface area contributed by atoms with Crippen molar-refractivity contribution in [1.29, 1.82) is 0 Å². The maximum absolute atomic E-state index is 14.0. The van der Waals surface area contributed by atoms with Crippen LogP contribution in [0.4, 0.5) is 5.69 Å². The van der Waals surface area contributed by atoms with E-state index in [1.165, 1.54) is 16.1 Å². The van der Waals surface area contributed by atoms with Crippen molar-refractivity contribution in [2.45, 2.75) is 57.7 Å². The molecular weight excluding hydrogens is 496 g/mol. The van der Waals surface area contributed by atoms with Gasteiger partial charge in [0, 0.05) is 17.3 Å². The summed E-state index contributed by atoms with van der Waals surface area (Å²) in [6.45, 7) is 1.59. The van der Waals surface area contributed by atoms with Gasteiger partial charge < -0.3 is 14.5 Å². The number of methoxy groups -OCH3 is 1. The first-order valence-corrected chi connectivity index (χ1v) is 13.2. The minimum absolute atomic E-state index is 0.0584. The largest absolute Gasteiger partial charge is 0.497 e. The van der Waals surface area contributed by atoms with Gasteiger partial charge in [0.25, 0.3) is 11.8 Å². The molecule has 1 unspecified atom stereocenters. The molecule has 0 aliphatic heterocycles. The van der Waals surface area contributed by atoms with Crippen molar-refractivity contribution in [2.24, 2.45) is 0 Å². The molecule has 2 heterocycles. The van der Waals surface area contributed by atoms with E-state index in [4.69, 9.17) is 9.15 Å². The molecule has 5 rings (SSSR count). The Balaban J connectivity index is 1.49. The number of anilines is 1. The fourth-order valence-corrected chi connectivity index (χ4v) is 4.89. The number of amides is 2. The summed E-state index contributed by atoms with van der Waals surface area (Å²) in [4.78, 5) is 30.5. The summed E-state index contributed by atoms with van der Waals surface area (Å²) in [5.74, 6) is 1.38. The number of carbonyl (C=O) groups excluding carboxylic acids is 2.